The quantitative estimate of drug-likeness (QED) is 0.786. The highest BCUT2D eigenvalue weighted by molar-refractivity contribution is 6.34. The molecule has 1 amide bonds. The van der Waals surface area contributed by atoms with E-state index in [9.17, 15) is 4.79 Å². The van der Waals surface area contributed by atoms with Crippen LogP contribution < -0.4 is 11.1 Å². The second-order valence-corrected chi connectivity index (χ2v) is 3.60. The molecule has 0 bridgehead atoms. The van der Waals surface area contributed by atoms with Gasteiger partial charge in [0.15, 0.2) is 0 Å². The molecule has 0 heterocycles. The number of carbonyl (C=O) groups is 1. The van der Waals surface area contributed by atoms with Crippen LogP contribution in [0.15, 0.2) is 12.1 Å². The van der Waals surface area contributed by atoms with Crippen LogP contribution in [0.2, 0.25) is 5.02 Å². The van der Waals surface area contributed by atoms with E-state index in [0.29, 0.717) is 10.7 Å². The lowest BCUT2D eigenvalue weighted by atomic mass is 10.1. The Morgan fingerprint density at radius 2 is 2.14 bits per heavy atom. The molecule has 1 rings (SSSR count). The summed E-state index contributed by atoms with van der Waals surface area (Å²) in [6, 6.07) is 3.76. The van der Waals surface area contributed by atoms with Crippen LogP contribution >= 0.6 is 11.6 Å². The van der Waals surface area contributed by atoms with Gasteiger partial charge in [0.05, 0.1) is 17.3 Å². The van der Waals surface area contributed by atoms with Gasteiger partial charge in [-0.25, -0.2) is 0 Å². The molecule has 14 heavy (non-hydrogen) atoms. The number of amides is 1. The maximum Gasteiger partial charge on any atom is 0.238 e. The van der Waals surface area contributed by atoms with Crippen molar-refractivity contribution in [1.82, 2.24) is 0 Å². The molecule has 0 radical (unpaired) electrons. The summed E-state index contributed by atoms with van der Waals surface area (Å²) in [4.78, 5) is 11.1. The van der Waals surface area contributed by atoms with Gasteiger partial charge in [0.1, 0.15) is 0 Å². The molecule has 1 aromatic rings. The van der Waals surface area contributed by atoms with E-state index in [2.05, 4.69) is 5.32 Å². The van der Waals surface area contributed by atoms with Gasteiger partial charge in [-0.3, -0.25) is 4.79 Å². The van der Waals surface area contributed by atoms with Crippen LogP contribution in [0.5, 0.6) is 0 Å². The molecule has 0 aliphatic carbocycles. The molecule has 0 spiro atoms. The Hall–Kier alpha value is -1.06. The predicted octanol–water partition coefficient (Wildman–Crippen LogP) is 1.85. The summed E-state index contributed by atoms with van der Waals surface area (Å²) in [5.74, 6) is -0.237. The standard InChI is InChI=1S/C10H13ClN2O/c1-6-3-7(2)10(8(11)4-6)13-9(14)5-12/h3-4H,5,12H2,1-2H3,(H,13,14). The van der Waals surface area contributed by atoms with Gasteiger partial charge in [0.2, 0.25) is 5.91 Å². The maximum absolute atomic E-state index is 11.1. The highest BCUT2D eigenvalue weighted by Crippen LogP contribution is 2.26. The van der Waals surface area contributed by atoms with E-state index in [0.717, 1.165) is 11.1 Å². The topological polar surface area (TPSA) is 55.1 Å². The zero-order valence-corrected chi connectivity index (χ0v) is 8.98. The van der Waals surface area contributed by atoms with E-state index in [-0.39, 0.29) is 12.5 Å². The van der Waals surface area contributed by atoms with Crippen molar-refractivity contribution in [2.75, 3.05) is 11.9 Å². The van der Waals surface area contributed by atoms with Gasteiger partial charge in [0, 0.05) is 0 Å². The second kappa shape index (κ2) is 4.44. The second-order valence-electron chi connectivity index (χ2n) is 3.19. The summed E-state index contributed by atoms with van der Waals surface area (Å²) in [5, 5.41) is 3.21. The molecule has 76 valence electrons. The first-order chi connectivity index (χ1) is 6.54. The Morgan fingerprint density at radius 1 is 1.50 bits per heavy atom. The number of hydrogen-bond acceptors (Lipinski definition) is 2. The van der Waals surface area contributed by atoms with Crippen molar-refractivity contribution in [2.24, 2.45) is 5.73 Å². The van der Waals surface area contributed by atoms with Crippen LogP contribution in [0.3, 0.4) is 0 Å². The van der Waals surface area contributed by atoms with Crippen molar-refractivity contribution in [3.63, 3.8) is 0 Å². The first-order valence-corrected chi connectivity index (χ1v) is 4.69. The van der Waals surface area contributed by atoms with E-state index in [1.807, 2.05) is 19.9 Å². The SMILES string of the molecule is Cc1cc(C)c(NC(=O)CN)c(Cl)c1. The molecular formula is C10H13ClN2O. The number of halogens is 1. The summed E-state index contributed by atoms with van der Waals surface area (Å²) in [6.45, 7) is 3.81. The minimum Gasteiger partial charge on any atom is -0.323 e. The number of hydrogen-bond donors (Lipinski definition) is 2. The van der Waals surface area contributed by atoms with E-state index in [1.165, 1.54) is 0 Å². The van der Waals surface area contributed by atoms with Crippen molar-refractivity contribution in [3.05, 3.63) is 28.3 Å². The maximum atomic E-state index is 11.1. The lowest BCUT2D eigenvalue weighted by Crippen LogP contribution is -2.22. The van der Waals surface area contributed by atoms with Crippen LogP contribution in [0, 0.1) is 13.8 Å². The molecule has 0 unspecified atom stereocenters. The number of nitrogens with two attached hydrogens (primary N) is 1. The van der Waals surface area contributed by atoms with Crippen LogP contribution in [-0.2, 0) is 4.79 Å². The molecule has 0 saturated heterocycles. The summed E-state index contributed by atoms with van der Waals surface area (Å²) in [5.41, 5.74) is 7.85. The fourth-order valence-corrected chi connectivity index (χ4v) is 1.63. The third kappa shape index (κ3) is 2.47. The van der Waals surface area contributed by atoms with E-state index in [1.54, 1.807) is 6.07 Å². The van der Waals surface area contributed by atoms with Crippen molar-refractivity contribution < 1.29 is 4.79 Å². The predicted molar refractivity (Wildman–Crippen MR) is 58.6 cm³/mol. The number of aryl methyl sites for hydroxylation is 2. The molecule has 0 aromatic heterocycles. The average molecular weight is 213 g/mol. The normalized spacial score (nSPS) is 10.0. The molecule has 1 aromatic carbocycles. The van der Waals surface area contributed by atoms with Crippen LogP contribution in [0.25, 0.3) is 0 Å². The molecule has 0 saturated carbocycles. The van der Waals surface area contributed by atoms with Gasteiger partial charge in [-0.05, 0) is 31.0 Å². The summed E-state index contributed by atoms with van der Waals surface area (Å²) in [6.07, 6.45) is 0. The fourth-order valence-electron chi connectivity index (χ4n) is 1.26. The fraction of sp³-hybridized carbons (Fsp3) is 0.300. The van der Waals surface area contributed by atoms with Crippen molar-refractivity contribution in [3.8, 4) is 0 Å². The van der Waals surface area contributed by atoms with E-state index < -0.39 is 0 Å². The first-order valence-electron chi connectivity index (χ1n) is 4.31. The molecule has 4 heteroatoms. The Balaban J connectivity index is 3.02. The van der Waals surface area contributed by atoms with Crippen molar-refractivity contribution in [2.45, 2.75) is 13.8 Å². The van der Waals surface area contributed by atoms with E-state index >= 15 is 0 Å². The van der Waals surface area contributed by atoms with Gasteiger partial charge in [-0.15, -0.1) is 0 Å². The van der Waals surface area contributed by atoms with Crippen LogP contribution in [0.1, 0.15) is 11.1 Å². The highest BCUT2D eigenvalue weighted by Gasteiger charge is 2.07. The number of rotatable bonds is 2. The van der Waals surface area contributed by atoms with Gasteiger partial charge in [0.25, 0.3) is 0 Å². The smallest absolute Gasteiger partial charge is 0.238 e. The van der Waals surface area contributed by atoms with Crippen molar-refractivity contribution >= 4 is 23.2 Å². The number of anilines is 1. The van der Waals surface area contributed by atoms with E-state index in [4.69, 9.17) is 17.3 Å². The van der Waals surface area contributed by atoms with Crippen LogP contribution in [-0.4, -0.2) is 12.5 Å². The summed E-state index contributed by atoms with van der Waals surface area (Å²) in [7, 11) is 0. The Morgan fingerprint density at radius 3 is 2.64 bits per heavy atom. The van der Waals surface area contributed by atoms with Gasteiger partial charge in [-0.2, -0.15) is 0 Å². The Bertz CT molecular complexity index is 340. The lowest BCUT2D eigenvalue weighted by molar-refractivity contribution is -0.114. The molecular weight excluding hydrogens is 200 g/mol. The lowest BCUT2D eigenvalue weighted by Gasteiger charge is -2.10. The summed E-state index contributed by atoms with van der Waals surface area (Å²) < 4.78 is 0. The molecule has 0 atom stereocenters. The monoisotopic (exact) mass is 212 g/mol. The first kappa shape index (κ1) is 11.0. The number of benzene rings is 1. The third-order valence-corrected chi connectivity index (χ3v) is 2.18. The van der Waals surface area contributed by atoms with Gasteiger partial charge < -0.3 is 11.1 Å². The molecule has 0 fully saturated rings. The van der Waals surface area contributed by atoms with Crippen LogP contribution in [0.4, 0.5) is 5.69 Å². The zero-order valence-electron chi connectivity index (χ0n) is 8.23. The molecule has 0 aliphatic rings. The zero-order chi connectivity index (χ0) is 10.7. The Kier molecular flexibility index (Phi) is 3.49. The molecule has 3 N–H and O–H groups in total. The summed E-state index contributed by atoms with van der Waals surface area (Å²) >= 11 is 5.98. The largest absolute Gasteiger partial charge is 0.323 e. The van der Waals surface area contributed by atoms with Gasteiger partial charge >= 0.3 is 0 Å². The highest BCUT2D eigenvalue weighted by atomic mass is 35.5. The molecule has 3 nitrogen and oxygen atoms in total. The third-order valence-electron chi connectivity index (χ3n) is 1.88. The number of nitrogens with one attached hydrogen (secondary N) is 1. The minimum absolute atomic E-state index is 0.0381. The molecule has 0 aliphatic heterocycles. The minimum atomic E-state index is -0.237. The van der Waals surface area contributed by atoms with Crippen molar-refractivity contribution in [1.29, 1.82) is 0 Å². The van der Waals surface area contributed by atoms with Gasteiger partial charge in [-0.1, -0.05) is 17.7 Å². The Labute approximate surface area is 88.2 Å². The number of carbonyl (C=O) groups excluding carboxylic acids is 1. The average Bonchev–Trinajstić information content (AvgIpc) is 2.10.